The van der Waals surface area contributed by atoms with Gasteiger partial charge in [-0.1, -0.05) is 115 Å². The summed E-state index contributed by atoms with van der Waals surface area (Å²) in [4.78, 5) is 8.13. The molecular weight excluding hydrogens is 645 g/mol. The highest BCUT2D eigenvalue weighted by molar-refractivity contribution is 6.33. The van der Waals surface area contributed by atoms with Crippen molar-refractivity contribution in [2.75, 3.05) is 4.90 Å². The van der Waals surface area contributed by atoms with Crippen LogP contribution < -0.4 is 4.90 Å². The lowest BCUT2D eigenvalue weighted by Crippen LogP contribution is -2.10. The van der Waals surface area contributed by atoms with Gasteiger partial charge < -0.3 is 9.30 Å². The molecule has 244 valence electrons. The van der Waals surface area contributed by atoms with Crippen molar-refractivity contribution in [2.24, 2.45) is 0 Å². The molecule has 5 aromatic heterocycles. The third-order valence-corrected chi connectivity index (χ3v) is 11.7. The second-order valence-electron chi connectivity index (χ2n) is 14.4. The molecule has 13 rings (SSSR count). The molecule has 0 spiro atoms. The lowest BCUT2D eigenvalue weighted by molar-refractivity contribution is 1.25. The zero-order valence-corrected chi connectivity index (χ0v) is 28.5. The van der Waals surface area contributed by atoms with Crippen LogP contribution in [0.4, 0.5) is 17.1 Å². The topological polar surface area (TPSA) is 25.0 Å². The number of fused-ring (bicyclic) bond motifs is 15. The first-order chi connectivity index (χ1) is 26.3. The van der Waals surface area contributed by atoms with Gasteiger partial charge in [0.2, 0.25) is 0 Å². The van der Waals surface area contributed by atoms with E-state index in [9.17, 15) is 0 Å². The van der Waals surface area contributed by atoms with Crippen molar-refractivity contribution in [1.29, 1.82) is 0 Å². The maximum atomic E-state index is 5.74. The fourth-order valence-corrected chi connectivity index (χ4v) is 9.52. The zero-order chi connectivity index (χ0) is 34.4. The monoisotopic (exact) mass is 672 g/mol. The summed E-state index contributed by atoms with van der Waals surface area (Å²) in [7, 11) is 0. The zero-order valence-electron chi connectivity index (χ0n) is 28.5. The van der Waals surface area contributed by atoms with Crippen molar-refractivity contribution in [3.63, 3.8) is 0 Å². The van der Waals surface area contributed by atoms with Crippen LogP contribution in [0.15, 0.2) is 170 Å². The fourth-order valence-electron chi connectivity index (χ4n) is 9.52. The van der Waals surface area contributed by atoms with E-state index in [1.807, 2.05) is 0 Å². The number of anilines is 3. The van der Waals surface area contributed by atoms with E-state index in [2.05, 4.69) is 184 Å². The van der Waals surface area contributed by atoms with Gasteiger partial charge >= 0.3 is 0 Å². The molecule has 0 aliphatic rings. The highest BCUT2D eigenvalue weighted by Crippen LogP contribution is 2.49. The molecule has 0 bridgehead atoms. The minimum atomic E-state index is 0.986. The van der Waals surface area contributed by atoms with E-state index in [-0.39, 0.29) is 0 Å². The van der Waals surface area contributed by atoms with Crippen LogP contribution in [0.3, 0.4) is 0 Å². The van der Waals surface area contributed by atoms with Gasteiger partial charge in [0.15, 0.2) is 0 Å². The summed E-state index contributed by atoms with van der Waals surface area (Å²) < 4.78 is 4.94. The van der Waals surface area contributed by atoms with Crippen LogP contribution in [-0.2, 0) is 0 Å². The molecule has 0 amide bonds. The Labute approximate surface area is 302 Å². The number of hydrogen-bond donors (Lipinski definition) is 0. The third kappa shape index (κ3) is 3.43. The summed E-state index contributed by atoms with van der Waals surface area (Å²) in [5, 5.41) is 13.6. The fraction of sp³-hybridized carbons (Fsp3) is 0. The predicted molar refractivity (Wildman–Crippen MR) is 223 cm³/mol. The molecule has 53 heavy (non-hydrogen) atoms. The Kier molecular flexibility index (Phi) is 5.08. The highest BCUT2D eigenvalue weighted by Gasteiger charge is 2.27. The molecule has 8 aromatic carbocycles. The molecule has 0 N–H and O–H groups in total. The number of aromatic nitrogens is 3. The average Bonchev–Trinajstić information content (AvgIpc) is 3.93. The molecule has 4 nitrogen and oxygen atoms in total. The Morgan fingerprint density at radius 1 is 0.377 bits per heavy atom. The molecule has 0 radical (unpaired) electrons. The van der Waals surface area contributed by atoms with E-state index in [1.165, 1.54) is 75.8 Å². The van der Waals surface area contributed by atoms with Crippen molar-refractivity contribution in [1.82, 2.24) is 13.8 Å². The van der Waals surface area contributed by atoms with Gasteiger partial charge in [0.05, 0.1) is 38.8 Å². The minimum absolute atomic E-state index is 0.986. The van der Waals surface area contributed by atoms with Gasteiger partial charge in [-0.3, -0.25) is 4.40 Å². The van der Waals surface area contributed by atoms with Crippen molar-refractivity contribution in [3.8, 4) is 0 Å². The number of pyridine rings is 1. The molecule has 5 heterocycles. The quantitative estimate of drug-likeness (QED) is 0.187. The van der Waals surface area contributed by atoms with Crippen LogP contribution in [0.1, 0.15) is 0 Å². The smallest absolute Gasteiger partial charge is 0.146 e. The third-order valence-electron chi connectivity index (χ3n) is 11.7. The maximum absolute atomic E-state index is 5.74. The normalized spacial score (nSPS) is 12.5. The number of rotatable bonds is 3. The minimum Gasteiger partial charge on any atom is -0.308 e. The van der Waals surface area contributed by atoms with Crippen LogP contribution in [-0.4, -0.2) is 13.8 Å². The molecular formula is C49H28N4. The first kappa shape index (κ1) is 27.5. The van der Waals surface area contributed by atoms with Crippen LogP contribution in [0.2, 0.25) is 0 Å². The maximum Gasteiger partial charge on any atom is 0.146 e. The number of hydrogen-bond acceptors (Lipinski definition) is 2. The standard InChI is InChI=1S/C49H28N4/c1-3-16-32(17-4-1)51(33-18-5-2-6-19-33)41-24-12-22-36-44-34-20-10-9-15-31(34)26-39-40-28-43-45(50-49(40)53(47(36)41)48(39)44)37-23-11-21-35-38-25-29-13-7-8-14-30(29)27-42(38)52(43)46(35)37/h1-28H. The summed E-state index contributed by atoms with van der Waals surface area (Å²) in [5.74, 6) is 0. The summed E-state index contributed by atoms with van der Waals surface area (Å²) in [6, 6.07) is 61.9. The Morgan fingerprint density at radius 3 is 1.79 bits per heavy atom. The molecule has 0 aliphatic heterocycles. The summed E-state index contributed by atoms with van der Waals surface area (Å²) in [5.41, 5.74) is 11.4. The molecule has 0 fully saturated rings. The van der Waals surface area contributed by atoms with Crippen LogP contribution in [0, 0.1) is 0 Å². The van der Waals surface area contributed by atoms with Gasteiger partial charge in [-0.15, -0.1) is 0 Å². The lowest BCUT2D eigenvalue weighted by Gasteiger charge is -2.26. The molecule has 13 aromatic rings. The first-order valence-electron chi connectivity index (χ1n) is 18.2. The molecule has 0 atom stereocenters. The summed E-state index contributed by atoms with van der Waals surface area (Å²) in [6.07, 6.45) is 0. The summed E-state index contributed by atoms with van der Waals surface area (Å²) >= 11 is 0. The largest absolute Gasteiger partial charge is 0.308 e. The molecule has 0 unspecified atom stereocenters. The van der Waals surface area contributed by atoms with E-state index in [0.717, 1.165) is 39.3 Å². The average molecular weight is 673 g/mol. The van der Waals surface area contributed by atoms with Gasteiger partial charge in [0, 0.05) is 49.1 Å². The van der Waals surface area contributed by atoms with Crippen LogP contribution in [0.5, 0.6) is 0 Å². The van der Waals surface area contributed by atoms with Gasteiger partial charge in [0.25, 0.3) is 0 Å². The molecule has 4 heteroatoms. The van der Waals surface area contributed by atoms with Gasteiger partial charge in [-0.2, -0.15) is 0 Å². The molecule has 0 saturated heterocycles. The van der Waals surface area contributed by atoms with E-state index in [0.29, 0.717) is 0 Å². The lowest BCUT2D eigenvalue weighted by atomic mass is 10.00. The van der Waals surface area contributed by atoms with Crippen molar-refractivity contribution >= 4 is 115 Å². The number of nitrogens with zero attached hydrogens (tertiary/aromatic N) is 4. The van der Waals surface area contributed by atoms with E-state index >= 15 is 0 Å². The Bertz CT molecular complexity index is 3580. The van der Waals surface area contributed by atoms with Crippen molar-refractivity contribution in [3.05, 3.63) is 170 Å². The molecule has 0 saturated carbocycles. The second-order valence-corrected chi connectivity index (χ2v) is 14.4. The van der Waals surface area contributed by atoms with E-state index in [4.69, 9.17) is 4.98 Å². The summed E-state index contributed by atoms with van der Waals surface area (Å²) in [6.45, 7) is 0. The van der Waals surface area contributed by atoms with Crippen LogP contribution >= 0.6 is 0 Å². The second kappa shape index (κ2) is 9.78. The Hall–Kier alpha value is -7.17. The number of benzene rings is 8. The van der Waals surface area contributed by atoms with Crippen molar-refractivity contribution < 1.29 is 0 Å². The first-order valence-corrected chi connectivity index (χ1v) is 18.2. The highest BCUT2D eigenvalue weighted by atomic mass is 15.2. The van der Waals surface area contributed by atoms with E-state index < -0.39 is 0 Å². The molecule has 0 aliphatic carbocycles. The van der Waals surface area contributed by atoms with Crippen LogP contribution in [0.25, 0.3) is 98.0 Å². The van der Waals surface area contributed by atoms with Gasteiger partial charge in [-0.05, 0) is 76.1 Å². The Balaban J connectivity index is 1.25. The predicted octanol–water partition coefficient (Wildman–Crippen LogP) is 13.2. The number of para-hydroxylation sites is 4. The van der Waals surface area contributed by atoms with E-state index in [1.54, 1.807) is 0 Å². The van der Waals surface area contributed by atoms with Gasteiger partial charge in [0.1, 0.15) is 5.65 Å². The SMILES string of the molecule is c1ccc(N(c2ccccc2)c2cccc3c4c5ccccc5cc5c6cc7c(nc6n(c23)c54)c2cccc3c4cc5ccccc5cc4n7c32)cc1. The van der Waals surface area contributed by atoms with Crippen molar-refractivity contribution in [2.45, 2.75) is 0 Å². The van der Waals surface area contributed by atoms with Gasteiger partial charge in [-0.25, -0.2) is 4.98 Å². The Morgan fingerprint density at radius 2 is 1.00 bits per heavy atom.